The topological polar surface area (TPSA) is 21.3 Å². The molecule has 0 amide bonds. The van der Waals surface area contributed by atoms with Gasteiger partial charge in [0.15, 0.2) is 0 Å². The summed E-state index contributed by atoms with van der Waals surface area (Å²) in [7, 11) is 1.64. The van der Waals surface area contributed by atoms with Crippen LogP contribution in [0.4, 0.5) is 0 Å². The highest BCUT2D eigenvalue weighted by molar-refractivity contribution is 6.32. The molecule has 1 aliphatic rings. The molecule has 0 aliphatic heterocycles. The molecule has 0 unspecified atom stereocenters. The van der Waals surface area contributed by atoms with Gasteiger partial charge in [-0.3, -0.25) is 0 Å². The SMILES string of the molecule is COc1ccc(CNC2CCCCCC2)cc1Cl. The lowest BCUT2D eigenvalue weighted by molar-refractivity contribution is 0.414. The molecule has 1 N–H and O–H groups in total. The fourth-order valence-electron chi connectivity index (χ4n) is 2.57. The van der Waals surface area contributed by atoms with Crippen molar-refractivity contribution >= 4 is 11.6 Å². The Balaban J connectivity index is 1.87. The summed E-state index contributed by atoms with van der Waals surface area (Å²) in [5, 5.41) is 4.34. The summed E-state index contributed by atoms with van der Waals surface area (Å²) in [6.07, 6.45) is 8.13. The van der Waals surface area contributed by atoms with Crippen molar-refractivity contribution in [1.29, 1.82) is 0 Å². The largest absolute Gasteiger partial charge is 0.495 e. The highest BCUT2D eigenvalue weighted by atomic mass is 35.5. The van der Waals surface area contributed by atoms with Crippen molar-refractivity contribution < 1.29 is 4.74 Å². The molecule has 0 atom stereocenters. The first kappa shape index (κ1) is 13.7. The van der Waals surface area contributed by atoms with Crippen LogP contribution in [-0.4, -0.2) is 13.2 Å². The van der Waals surface area contributed by atoms with Crippen molar-refractivity contribution in [2.45, 2.75) is 51.1 Å². The fraction of sp³-hybridized carbons (Fsp3) is 0.600. The van der Waals surface area contributed by atoms with Gasteiger partial charge in [-0.05, 0) is 30.5 Å². The molecule has 1 aromatic rings. The van der Waals surface area contributed by atoms with Gasteiger partial charge in [-0.15, -0.1) is 0 Å². The molecule has 0 bridgehead atoms. The summed E-state index contributed by atoms with van der Waals surface area (Å²) in [6, 6.07) is 6.68. The summed E-state index contributed by atoms with van der Waals surface area (Å²) in [5.74, 6) is 0.745. The smallest absolute Gasteiger partial charge is 0.137 e. The minimum atomic E-state index is 0.674. The minimum Gasteiger partial charge on any atom is -0.495 e. The van der Waals surface area contributed by atoms with Gasteiger partial charge in [0.2, 0.25) is 0 Å². The fourth-order valence-corrected chi connectivity index (χ4v) is 2.85. The third-order valence-corrected chi connectivity index (χ3v) is 3.96. The number of hydrogen-bond donors (Lipinski definition) is 1. The average Bonchev–Trinajstić information content (AvgIpc) is 2.65. The standard InChI is InChI=1S/C15H22ClNO/c1-18-15-9-8-12(10-14(15)16)11-17-13-6-4-2-3-5-7-13/h8-10,13,17H,2-7,11H2,1H3. The number of rotatable bonds is 4. The molecule has 100 valence electrons. The van der Waals surface area contributed by atoms with E-state index in [1.807, 2.05) is 12.1 Å². The molecule has 0 spiro atoms. The van der Waals surface area contributed by atoms with Crippen LogP contribution in [0, 0.1) is 0 Å². The van der Waals surface area contributed by atoms with Gasteiger partial charge in [-0.25, -0.2) is 0 Å². The van der Waals surface area contributed by atoms with Gasteiger partial charge in [0.05, 0.1) is 12.1 Å². The van der Waals surface area contributed by atoms with Crippen LogP contribution in [0.15, 0.2) is 18.2 Å². The maximum Gasteiger partial charge on any atom is 0.137 e. The van der Waals surface area contributed by atoms with E-state index in [2.05, 4.69) is 11.4 Å². The van der Waals surface area contributed by atoms with E-state index in [9.17, 15) is 0 Å². The van der Waals surface area contributed by atoms with E-state index in [0.717, 1.165) is 12.3 Å². The summed E-state index contributed by atoms with van der Waals surface area (Å²) in [4.78, 5) is 0. The lowest BCUT2D eigenvalue weighted by Gasteiger charge is -2.16. The molecule has 3 heteroatoms. The Morgan fingerprint density at radius 2 is 1.94 bits per heavy atom. The zero-order chi connectivity index (χ0) is 12.8. The van der Waals surface area contributed by atoms with Crippen LogP contribution in [0.1, 0.15) is 44.1 Å². The lowest BCUT2D eigenvalue weighted by Crippen LogP contribution is -2.27. The van der Waals surface area contributed by atoms with Crippen molar-refractivity contribution in [3.05, 3.63) is 28.8 Å². The van der Waals surface area contributed by atoms with Crippen molar-refractivity contribution in [2.75, 3.05) is 7.11 Å². The van der Waals surface area contributed by atoms with Gasteiger partial charge in [0, 0.05) is 12.6 Å². The van der Waals surface area contributed by atoms with E-state index in [1.165, 1.54) is 44.1 Å². The first-order chi connectivity index (χ1) is 8.79. The molecule has 1 aromatic carbocycles. The van der Waals surface area contributed by atoms with E-state index >= 15 is 0 Å². The van der Waals surface area contributed by atoms with Gasteiger partial charge in [-0.1, -0.05) is 43.4 Å². The summed E-state index contributed by atoms with van der Waals surface area (Å²) in [5.41, 5.74) is 1.23. The summed E-state index contributed by atoms with van der Waals surface area (Å²) < 4.78 is 5.16. The molecule has 18 heavy (non-hydrogen) atoms. The molecule has 2 rings (SSSR count). The van der Waals surface area contributed by atoms with Crippen LogP contribution in [0.3, 0.4) is 0 Å². The number of halogens is 1. The Morgan fingerprint density at radius 1 is 1.22 bits per heavy atom. The predicted octanol–water partition coefficient (Wildman–Crippen LogP) is 4.16. The summed E-state index contributed by atoms with van der Waals surface area (Å²) >= 11 is 6.12. The first-order valence-corrected chi connectivity index (χ1v) is 7.23. The van der Waals surface area contributed by atoms with Crippen LogP contribution >= 0.6 is 11.6 Å². The van der Waals surface area contributed by atoms with Crippen molar-refractivity contribution in [1.82, 2.24) is 5.32 Å². The molecule has 1 fully saturated rings. The third-order valence-electron chi connectivity index (χ3n) is 3.67. The van der Waals surface area contributed by atoms with Gasteiger partial charge < -0.3 is 10.1 Å². The third kappa shape index (κ3) is 3.89. The van der Waals surface area contributed by atoms with E-state index in [-0.39, 0.29) is 0 Å². The molecular weight excluding hydrogens is 246 g/mol. The number of benzene rings is 1. The zero-order valence-corrected chi connectivity index (χ0v) is 11.8. The van der Waals surface area contributed by atoms with Crippen molar-refractivity contribution in [2.24, 2.45) is 0 Å². The van der Waals surface area contributed by atoms with Crippen molar-refractivity contribution in [3.63, 3.8) is 0 Å². The Labute approximate surface area is 115 Å². The van der Waals surface area contributed by atoms with Crippen LogP contribution in [-0.2, 0) is 6.54 Å². The van der Waals surface area contributed by atoms with Crippen LogP contribution in [0.5, 0.6) is 5.75 Å². The van der Waals surface area contributed by atoms with E-state index in [1.54, 1.807) is 7.11 Å². The van der Waals surface area contributed by atoms with Gasteiger partial charge in [0.1, 0.15) is 5.75 Å². The maximum absolute atomic E-state index is 6.12. The lowest BCUT2D eigenvalue weighted by atomic mass is 10.1. The Bertz CT molecular complexity index is 373. The molecule has 2 nitrogen and oxygen atoms in total. The second kappa shape index (κ2) is 7.01. The Hall–Kier alpha value is -0.730. The Morgan fingerprint density at radius 3 is 2.56 bits per heavy atom. The minimum absolute atomic E-state index is 0.674. The van der Waals surface area contributed by atoms with Crippen LogP contribution in [0.2, 0.25) is 5.02 Å². The molecular formula is C15H22ClNO. The maximum atomic E-state index is 6.12. The van der Waals surface area contributed by atoms with Gasteiger partial charge in [0.25, 0.3) is 0 Å². The molecule has 0 saturated heterocycles. The average molecular weight is 268 g/mol. The van der Waals surface area contributed by atoms with Crippen molar-refractivity contribution in [3.8, 4) is 5.75 Å². The highest BCUT2D eigenvalue weighted by Gasteiger charge is 2.11. The number of hydrogen-bond acceptors (Lipinski definition) is 2. The molecule has 1 saturated carbocycles. The van der Waals surface area contributed by atoms with Gasteiger partial charge >= 0.3 is 0 Å². The zero-order valence-electron chi connectivity index (χ0n) is 11.0. The van der Waals surface area contributed by atoms with E-state index in [4.69, 9.17) is 16.3 Å². The predicted molar refractivity (Wildman–Crippen MR) is 76.3 cm³/mol. The van der Waals surface area contributed by atoms with Crippen LogP contribution < -0.4 is 10.1 Å². The van der Waals surface area contributed by atoms with Crippen LogP contribution in [0.25, 0.3) is 0 Å². The first-order valence-electron chi connectivity index (χ1n) is 6.85. The Kier molecular flexibility index (Phi) is 5.33. The number of nitrogens with one attached hydrogen (secondary N) is 1. The molecule has 0 radical (unpaired) electrons. The normalized spacial score (nSPS) is 17.4. The number of ether oxygens (including phenoxy) is 1. The highest BCUT2D eigenvalue weighted by Crippen LogP contribution is 2.25. The molecule has 1 aliphatic carbocycles. The van der Waals surface area contributed by atoms with E-state index in [0.29, 0.717) is 11.1 Å². The molecule has 0 heterocycles. The van der Waals surface area contributed by atoms with Gasteiger partial charge in [-0.2, -0.15) is 0 Å². The second-order valence-corrected chi connectivity index (χ2v) is 5.45. The monoisotopic (exact) mass is 267 g/mol. The summed E-state index contributed by atoms with van der Waals surface area (Å²) in [6.45, 7) is 0.897. The van der Waals surface area contributed by atoms with E-state index < -0.39 is 0 Å². The molecule has 0 aromatic heterocycles. The number of methoxy groups -OCH3 is 1. The quantitative estimate of drug-likeness (QED) is 0.827. The second-order valence-electron chi connectivity index (χ2n) is 5.04.